The summed E-state index contributed by atoms with van der Waals surface area (Å²) in [6, 6.07) is 3.81. The summed E-state index contributed by atoms with van der Waals surface area (Å²) in [5, 5.41) is 16.9. The Morgan fingerprint density at radius 2 is 2.33 bits per heavy atom. The van der Waals surface area contributed by atoms with Crippen molar-refractivity contribution < 1.29 is 9.52 Å². The van der Waals surface area contributed by atoms with E-state index in [-0.39, 0.29) is 6.61 Å². The van der Waals surface area contributed by atoms with E-state index in [4.69, 9.17) is 9.52 Å². The minimum Gasteiger partial charge on any atom is -0.468 e. The van der Waals surface area contributed by atoms with E-state index in [1.54, 1.807) is 12.6 Å². The van der Waals surface area contributed by atoms with Gasteiger partial charge in [-0.2, -0.15) is 0 Å². The van der Waals surface area contributed by atoms with Crippen LogP contribution in [0.1, 0.15) is 11.6 Å². The molecule has 6 nitrogen and oxygen atoms in total. The molecular weight excluding hydrogens is 232 g/mol. The standard InChI is InChI=1S/C12H18N4O2/c1-11-14-13-10-16(11)5-4-15(6-7-17)9-12-3-2-8-18-12/h2-3,8,10,17H,4-7,9H2,1H3. The summed E-state index contributed by atoms with van der Waals surface area (Å²) in [6.45, 7) is 5.02. The van der Waals surface area contributed by atoms with Crippen LogP contribution in [0.5, 0.6) is 0 Å². The number of aliphatic hydroxyl groups excluding tert-OH is 1. The molecule has 6 heteroatoms. The zero-order valence-electron chi connectivity index (χ0n) is 10.5. The van der Waals surface area contributed by atoms with Crippen molar-refractivity contribution >= 4 is 0 Å². The van der Waals surface area contributed by atoms with E-state index in [0.29, 0.717) is 13.1 Å². The highest BCUT2D eigenvalue weighted by molar-refractivity contribution is 4.97. The first kappa shape index (κ1) is 12.8. The molecule has 2 rings (SSSR count). The van der Waals surface area contributed by atoms with Crippen molar-refractivity contribution in [3.05, 3.63) is 36.3 Å². The Hall–Kier alpha value is -1.66. The van der Waals surface area contributed by atoms with Gasteiger partial charge in [0.2, 0.25) is 0 Å². The van der Waals surface area contributed by atoms with Crippen molar-refractivity contribution in [2.45, 2.75) is 20.0 Å². The van der Waals surface area contributed by atoms with Gasteiger partial charge in [-0.15, -0.1) is 10.2 Å². The fourth-order valence-corrected chi connectivity index (χ4v) is 1.82. The summed E-state index contributed by atoms with van der Waals surface area (Å²) in [7, 11) is 0. The van der Waals surface area contributed by atoms with Gasteiger partial charge in [0, 0.05) is 19.6 Å². The first-order chi connectivity index (χ1) is 8.79. The van der Waals surface area contributed by atoms with E-state index < -0.39 is 0 Å². The molecule has 98 valence electrons. The van der Waals surface area contributed by atoms with Gasteiger partial charge in [-0.25, -0.2) is 0 Å². The van der Waals surface area contributed by atoms with Gasteiger partial charge in [0.1, 0.15) is 17.9 Å². The molecule has 2 heterocycles. The lowest BCUT2D eigenvalue weighted by molar-refractivity contribution is 0.176. The van der Waals surface area contributed by atoms with Gasteiger partial charge in [-0.3, -0.25) is 4.90 Å². The Morgan fingerprint density at radius 3 is 2.94 bits per heavy atom. The average Bonchev–Trinajstić information content (AvgIpc) is 2.98. The van der Waals surface area contributed by atoms with Crippen molar-refractivity contribution in [2.75, 3.05) is 19.7 Å². The molecule has 1 N–H and O–H groups in total. The molecule has 0 spiro atoms. The van der Waals surface area contributed by atoms with Crippen molar-refractivity contribution in [3.8, 4) is 0 Å². The predicted molar refractivity (Wildman–Crippen MR) is 65.8 cm³/mol. The van der Waals surface area contributed by atoms with E-state index in [9.17, 15) is 0 Å². The number of aliphatic hydroxyl groups is 1. The first-order valence-electron chi connectivity index (χ1n) is 5.99. The third-order valence-electron chi connectivity index (χ3n) is 2.84. The molecule has 0 saturated heterocycles. The van der Waals surface area contributed by atoms with Crippen LogP contribution >= 0.6 is 0 Å². The Morgan fingerprint density at radius 1 is 1.44 bits per heavy atom. The van der Waals surface area contributed by atoms with E-state index in [1.807, 2.05) is 23.6 Å². The summed E-state index contributed by atoms with van der Waals surface area (Å²) in [4.78, 5) is 2.14. The second-order valence-electron chi connectivity index (χ2n) is 4.15. The molecule has 0 saturated carbocycles. The predicted octanol–water partition coefficient (Wildman–Crippen LogP) is 0.674. The largest absolute Gasteiger partial charge is 0.468 e. The van der Waals surface area contributed by atoms with E-state index in [0.717, 1.165) is 24.7 Å². The minimum absolute atomic E-state index is 0.141. The number of furan rings is 1. The molecule has 18 heavy (non-hydrogen) atoms. The van der Waals surface area contributed by atoms with Crippen LogP contribution in [-0.4, -0.2) is 44.5 Å². The maximum absolute atomic E-state index is 9.07. The number of hydrogen-bond donors (Lipinski definition) is 1. The first-order valence-corrected chi connectivity index (χ1v) is 5.99. The molecule has 0 atom stereocenters. The Balaban J connectivity index is 1.88. The average molecular weight is 250 g/mol. The molecule has 0 aliphatic rings. The molecule has 0 radical (unpaired) electrons. The molecule has 0 fully saturated rings. The van der Waals surface area contributed by atoms with Crippen molar-refractivity contribution in [3.63, 3.8) is 0 Å². The molecule has 0 amide bonds. The Bertz CT molecular complexity index is 452. The lowest BCUT2D eigenvalue weighted by Gasteiger charge is -2.20. The van der Waals surface area contributed by atoms with E-state index >= 15 is 0 Å². The highest BCUT2D eigenvalue weighted by Crippen LogP contribution is 2.05. The maximum Gasteiger partial charge on any atom is 0.129 e. The van der Waals surface area contributed by atoms with Gasteiger partial charge in [-0.05, 0) is 19.1 Å². The molecule has 0 bridgehead atoms. The third-order valence-corrected chi connectivity index (χ3v) is 2.84. The van der Waals surface area contributed by atoms with Gasteiger partial charge >= 0.3 is 0 Å². The Labute approximate surface area is 106 Å². The summed E-state index contributed by atoms with van der Waals surface area (Å²) >= 11 is 0. The molecule has 0 aromatic carbocycles. The van der Waals surface area contributed by atoms with Gasteiger partial charge < -0.3 is 14.1 Å². The smallest absolute Gasteiger partial charge is 0.129 e. The normalized spacial score (nSPS) is 11.3. The van der Waals surface area contributed by atoms with Gasteiger partial charge in [0.05, 0.1) is 19.4 Å². The highest BCUT2D eigenvalue weighted by atomic mass is 16.3. The third kappa shape index (κ3) is 3.41. The zero-order valence-corrected chi connectivity index (χ0v) is 10.5. The topological polar surface area (TPSA) is 67.3 Å². The second-order valence-corrected chi connectivity index (χ2v) is 4.15. The van der Waals surface area contributed by atoms with Crippen LogP contribution in [0.4, 0.5) is 0 Å². The second kappa shape index (κ2) is 6.32. The molecular formula is C12H18N4O2. The summed E-state index contributed by atoms with van der Waals surface area (Å²) < 4.78 is 7.31. The van der Waals surface area contributed by atoms with E-state index in [1.165, 1.54) is 0 Å². The summed E-state index contributed by atoms with van der Waals surface area (Å²) in [5.74, 6) is 1.81. The van der Waals surface area contributed by atoms with Crippen LogP contribution in [0.25, 0.3) is 0 Å². The minimum atomic E-state index is 0.141. The van der Waals surface area contributed by atoms with Crippen LogP contribution in [0, 0.1) is 6.92 Å². The number of aromatic nitrogens is 3. The highest BCUT2D eigenvalue weighted by Gasteiger charge is 2.08. The lowest BCUT2D eigenvalue weighted by Crippen LogP contribution is -2.30. The van der Waals surface area contributed by atoms with Crippen LogP contribution in [0.3, 0.4) is 0 Å². The van der Waals surface area contributed by atoms with Gasteiger partial charge in [-0.1, -0.05) is 0 Å². The molecule has 2 aromatic rings. The number of aryl methyl sites for hydroxylation is 1. The van der Waals surface area contributed by atoms with E-state index in [2.05, 4.69) is 15.1 Å². The quantitative estimate of drug-likeness (QED) is 0.782. The number of hydrogen-bond acceptors (Lipinski definition) is 5. The number of rotatable bonds is 7. The van der Waals surface area contributed by atoms with Crippen molar-refractivity contribution in [1.82, 2.24) is 19.7 Å². The van der Waals surface area contributed by atoms with Crippen LogP contribution in [-0.2, 0) is 13.1 Å². The van der Waals surface area contributed by atoms with Crippen molar-refractivity contribution in [1.29, 1.82) is 0 Å². The molecule has 2 aromatic heterocycles. The SMILES string of the molecule is Cc1nncn1CCN(CCO)Cc1ccco1. The molecule has 0 unspecified atom stereocenters. The zero-order chi connectivity index (χ0) is 12.8. The summed E-state index contributed by atoms with van der Waals surface area (Å²) in [5.41, 5.74) is 0. The van der Waals surface area contributed by atoms with Crippen molar-refractivity contribution in [2.24, 2.45) is 0 Å². The lowest BCUT2D eigenvalue weighted by atomic mass is 10.3. The van der Waals surface area contributed by atoms with Gasteiger partial charge in [0.25, 0.3) is 0 Å². The molecule has 0 aliphatic carbocycles. The summed E-state index contributed by atoms with van der Waals surface area (Å²) in [6.07, 6.45) is 3.38. The monoisotopic (exact) mass is 250 g/mol. The fourth-order valence-electron chi connectivity index (χ4n) is 1.82. The Kier molecular flexibility index (Phi) is 4.49. The fraction of sp³-hybridized carbons (Fsp3) is 0.500. The molecule has 0 aliphatic heterocycles. The maximum atomic E-state index is 9.07. The van der Waals surface area contributed by atoms with Gasteiger partial charge in [0.15, 0.2) is 0 Å². The van der Waals surface area contributed by atoms with Crippen LogP contribution in [0.2, 0.25) is 0 Å². The van der Waals surface area contributed by atoms with Crippen LogP contribution in [0.15, 0.2) is 29.1 Å². The van der Waals surface area contributed by atoms with Crippen LogP contribution < -0.4 is 0 Å². The number of nitrogens with zero attached hydrogens (tertiary/aromatic N) is 4.